The minimum Gasteiger partial charge on any atom is -0.481 e. The summed E-state index contributed by atoms with van der Waals surface area (Å²) in [4.78, 5) is 22.9. The smallest absolute Gasteiger partial charge is 0.319 e. The highest BCUT2D eigenvalue weighted by Crippen LogP contribution is 2.27. The summed E-state index contributed by atoms with van der Waals surface area (Å²) in [5.41, 5.74) is 2.33. The first-order chi connectivity index (χ1) is 10.1. The van der Waals surface area contributed by atoms with Crippen molar-refractivity contribution in [3.63, 3.8) is 0 Å². The second kappa shape index (κ2) is 7.29. The van der Waals surface area contributed by atoms with E-state index in [1.807, 2.05) is 39.0 Å². The molecule has 22 heavy (non-hydrogen) atoms. The van der Waals surface area contributed by atoms with Crippen LogP contribution < -0.4 is 10.6 Å². The van der Waals surface area contributed by atoms with E-state index in [0.29, 0.717) is 12.3 Å². The number of urea groups is 1. The maximum atomic E-state index is 12.2. The van der Waals surface area contributed by atoms with Gasteiger partial charge in [0.15, 0.2) is 0 Å². The predicted molar refractivity (Wildman–Crippen MR) is 88.4 cm³/mol. The lowest BCUT2D eigenvalue weighted by atomic mass is 9.97. The van der Waals surface area contributed by atoms with Crippen molar-refractivity contribution in [1.29, 1.82) is 0 Å². The zero-order valence-electron chi connectivity index (χ0n) is 14.0. The molecule has 5 nitrogen and oxygen atoms in total. The molecule has 0 unspecified atom stereocenters. The fraction of sp³-hybridized carbons (Fsp3) is 0.529. The van der Waals surface area contributed by atoms with Gasteiger partial charge in [-0.15, -0.1) is 0 Å². The summed E-state index contributed by atoms with van der Waals surface area (Å²) in [7, 11) is 0. The van der Waals surface area contributed by atoms with Gasteiger partial charge in [0.1, 0.15) is 0 Å². The Balaban J connectivity index is 2.79. The highest BCUT2D eigenvalue weighted by Gasteiger charge is 2.22. The van der Waals surface area contributed by atoms with Crippen molar-refractivity contribution in [3.05, 3.63) is 29.3 Å². The molecule has 0 saturated heterocycles. The first-order valence-corrected chi connectivity index (χ1v) is 7.53. The number of aryl methyl sites for hydroxylation is 1. The van der Waals surface area contributed by atoms with E-state index >= 15 is 0 Å². The lowest BCUT2D eigenvalue weighted by molar-refractivity contribution is -0.137. The summed E-state index contributed by atoms with van der Waals surface area (Å²) < 4.78 is 0. The number of carboxylic acids is 1. The van der Waals surface area contributed by atoms with Gasteiger partial charge in [0.05, 0.1) is 0 Å². The number of carboxylic acid groups (broad SMARTS) is 1. The number of amides is 2. The third-order valence-corrected chi connectivity index (χ3v) is 3.58. The van der Waals surface area contributed by atoms with E-state index in [9.17, 15) is 9.59 Å². The Bertz CT molecular complexity index is 551. The number of carbonyl (C=O) groups is 2. The molecular weight excluding hydrogens is 280 g/mol. The van der Waals surface area contributed by atoms with Crippen molar-refractivity contribution in [3.8, 4) is 0 Å². The van der Waals surface area contributed by atoms with E-state index in [2.05, 4.69) is 24.5 Å². The van der Waals surface area contributed by atoms with Gasteiger partial charge in [0.2, 0.25) is 0 Å². The summed E-state index contributed by atoms with van der Waals surface area (Å²) in [6.07, 6.45) is 0.398. The molecule has 122 valence electrons. The van der Waals surface area contributed by atoms with Crippen molar-refractivity contribution < 1.29 is 14.7 Å². The van der Waals surface area contributed by atoms with Crippen molar-refractivity contribution >= 4 is 17.7 Å². The van der Waals surface area contributed by atoms with Gasteiger partial charge in [0.25, 0.3) is 0 Å². The largest absolute Gasteiger partial charge is 0.481 e. The molecule has 3 N–H and O–H groups in total. The molecule has 0 atom stereocenters. The Kier molecular flexibility index (Phi) is 5.97. The van der Waals surface area contributed by atoms with Gasteiger partial charge in [-0.3, -0.25) is 4.79 Å². The van der Waals surface area contributed by atoms with Crippen LogP contribution in [0.5, 0.6) is 0 Å². The monoisotopic (exact) mass is 306 g/mol. The van der Waals surface area contributed by atoms with E-state index in [4.69, 9.17) is 5.11 Å². The predicted octanol–water partition coefficient (Wildman–Crippen LogP) is 3.88. The molecule has 0 saturated carbocycles. The van der Waals surface area contributed by atoms with Gasteiger partial charge in [-0.2, -0.15) is 0 Å². The molecule has 0 heterocycles. The second-order valence-electron chi connectivity index (χ2n) is 6.55. The Morgan fingerprint density at radius 3 is 2.45 bits per heavy atom. The van der Waals surface area contributed by atoms with Crippen LogP contribution in [-0.2, 0) is 4.79 Å². The van der Waals surface area contributed by atoms with Crippen molar-refractivity contribution in [2.45, 2.75) is 58.9 Å². The molecule has 0 aromatic heterocycles. The molecule has 0 radical (unpaired) electrons. The fourth-order valence-corrected chi connectivity index (χ4v) is 2.28. The zero-order valence-corrected chi connectivity index (χ0v) is 14.0. The van der Waals surface area contributed by atoms with Crippen LogP contribution in [0.15, 0.2) is 18.2 Å². The number of nitrogens with one attached hydrogen (secondary N) is 2. The van der Waals surface area contributed by atoms with E-state index in [1.54, 1.807) is 0 Å². The van der Waals surface area contributed by atoms with Crippen LogP contribution in [0.3, 0.4) is 0 Å². The Labute approximate surface area is 132 Å². The van der Waals surface area contributed by atoms with Crippen molar-refractivity contribution in [2.75, 3.05) is 5.32 Å². The molecule has 0 spiro atoms. The van der Waals surface area contributed by atoms with E-state index < -0.39 is 11.5 Å². The summed E-state index contributed by atoms with van der Waals surface area (Å²) in [6, 6.07) is 5.62. The van der Waals surface area contributed by atoms with Gasteiger partial charge in [-0.25, -0.2) is 4.79 Å². The van der Waals surface area contributed by atoms with Crippen LogP contribution in [-0.4, -0.2) is 22.6 Å². The highest BCUT2D eigenvalue weighted by molar-refractivity contribution is 5.91. The quantitative estimate of drug-likeness (QED) is 0.746. The maximum Gasteiger partial charge on any atom is 0.319 e. The standard InChI is InChI=1S/C17H26N2O3/c1-11(2)13-8-6-7-12(3)15(13)18-16(22)19-17(4,5)10-9-14(20)21/h6-8,11H,9-10H2,1-5H3,(H,20,21)(H2,18,19,22). The molecule has 0 aliphatic rings. The highest BCUT2D eigenvalue weighted by atomic mass is 16.4. The van der Waals surface area contributed by atoms with Crippen LogP contribution in [0.2, 0.25) is 0 Å². The maximum absolute atomic E-state index is 12.2. The molecule has 1 aromatic carbocycles. The molecule has 0 bridgehead atoms. The SMILES string of the molecule is Cc1cccc(C(C)C)c1NC(=O)NC(C)(C)CCC(=O)O. The first-order valence-electron chi connectivity index (χ1n) is 7.53. The number of hydrogen-bond acceptors (Lipinski definition) is 2. The van der Waals surface area contributed by atoms with Gasteiger partial charge >= 0.3 is 12.0 Å². The number of benzene rings is 1. The fourth-order valence-electron chi connectivity index (χ4n) is 2.28. The molecular formula is C17H26N2O3. The summed E-state index contributed by atoms with van der Waals surface area (Å²) in [5, 5.41) is 14.5. The molecule has 1 aromatic rings. The van der Waals surface area contributed by atoms with Gasteiger partial charge in [0, 0.05) is 17.6 Å². The number of anilines is 1. The van der Waals surface area contributed by atoms with Crippen LogP contribution in [0.1, 0.15) is 57.6 Å². The van der Waals surface area contributed by atoms with Crippen LogP contribution >= 0.6 is 0 Å². The normalized spacial score (nSPS) is 11.4. The third-order valence-electron chi connectivity index (χ3n) is 3.58. The second-order valence-corrected chi connectivity index (χ2v) is 6.55. The molecule has 5 heteroatoms. The number of para-hydroxylation sites is 1. The molecule has 2 amide bonds. The van der Waals surface area contributed by atoms with Crippen LogP contribution in [0.4, 0.5) is 10.5 Å². The number of rotatable bonds is 6. The minimum atomic E-state index is -0.865. The average Bonchev–Trinajstić information content (AvgIpc) is 2.38. The number of aliphatic carboxylic acids is 1. The van der Waals surface area contributed by atoms with Crippen LogP contribution in [0, 0.1) is 6.92 Å². The van der Waals surface area contributed by atoms with Gasteiger partial charge in [-0.1, -0.05) is 32.0 Å². The molecule has 0 aliphatic carbocycles. The lowest BCUT2D eigenvalue weighted by Crippen LogP contribution is -2.46. The molecule has 1 rings (SSSR count). The van der Waals surface area contributed by atoms with E-state index in [-0.39, 0.29) is 12.5 Å². The molecule has 0 aliphatic heterocycles. The number of hydrogen-bond donors (Lipinski definition) is 3. The topological polar surface area (TPSA) is 78.4 Å². The summed E-state index contributed by atoms with van der Waals surface area (Å²) in [5.74, 6) is -0.563. The molecule has 0 fully saturated rings. The summed E-state index contributed by atoms with van der Waals surface area (Å²) >= 11 is 0. The van der Waals surface area contributed by atoms with Gasteiger partial charge in [-0.05, 0) is 44.2 Å². The lowest BCUT2D eigenvalue weighted by Gasteiger charge is -2.26. The van der Waals surface area contributed by atoms with Crippen molar-refractivity contribution in [1.82, 2.24) is 5.32 Å². The Hall–Kier alpha value is -2.04. The van der Waals surface area contributed by atoms with Gasteiger partial charge < -0.3 is 15.7 Å². The third kappa shape index (κ3) is 5.39. The first kappa shape index (κ1) is 18.0. The minimum absolute atomic E-state index is 0.0227. The zero-order chi connectivity index (χ0) is 16.9. The summed E-state index contributed by atoms with van der Waals surface area (Å²) in [6.45, 7) is 9.74. The Morgan fingerprint density at radius 2 is 1.91 bits per heavy atom. The number of carbonyl (C=O) groups excluding carboxylic acids is 1. The van der Waals surface area contributed by atoms with Crippen LogP contribution in [0.25, 0.3) is 0 Å². The van der Waals surface area contributed by atoms with E-state index in [0.717, 1.165) is 16.8 Å². The Morgan fingerprint density at radius 1 is 1.27 bits per heavy atom. The van der Waals surface area contributed by atoms with E-state index in [1.165, 1.54) is 0 Å². The van der Waals surface area contributed by atoms with Crippen molar-refractivity contribution in [2.24, 2.45) is 0 Å². The average molecular weight is 306 g/mol.